The second-order valence-electron chi connectivity index (χ2n) is 6.95. The number of hydrogen-bond acceptors (Lipinski definition) is 4. The molecule has 3 aromatic rings. The molecular weight excluding hydrogens is 354 g/mol. The fraction of sp³-hybridized carbons (Fsp3) is 0.136. The van der Waals surface area contributed by atoms with E-state index >= 15 is 0 Å². The summed E-state index contributed by atoms with van der Waals surface area (Å²) in [6.45, 7) is 5.70. The zero-order valence-electron chi connectivity index (χ0n) is 15.8. The number of H-pyrrole nitrogens is 1. The van der Waals surface area contributed by atoms with Crippen molar-refractivity contribution < 1.29 is 5.11 Å². The molecule has 2 N–H and O–H groups in total. The van der Waals surface area contributed by atoms with Gasteiger partial charge in [0.05, 0.1) is 11.4 Å². The highest BCUT2D eigenvalue weighted by Crippen LogP contribution is 2.33. The van der Waals surface area contributed by atoms with Crippen LogP contribution in [-0.2, 0) is 0 Å². The normalized spacial score (nSPS) is 13.9. The van der Waals surface area contributed by atoms with Gasteiger partial charge in [-0.1, -0.05) is 35.9 Å². The summed E-state index contributed by atoms with van der Waals surface area (Å²) in [5, 5.41) is 10.9. The molecule has 0 aliphatic carbocycles. The van der Waals surface area contributed by atoms with Crippen molar-refractivity contribution in [2.75, 3.05) is 0 Å². The Hall–Kier alpha value is -3.67. The van der Waals surface area contributed by atoms with E-state index in [9.17, 15) is 14.7 Å². The van der Waals surface area contributed by atoms with Gasteiger partial charge in [-0.2, -0.15) is 0 Å². The molecule has 0 unspecified atom stereocenters. The molecule has 2 heterocycles. The molecule has 6 nitrogen and oxygen atoms in total. The number of aliphatic imine (C=N–C) groups is 1. The Morgan fingerprint density at radius 1 is 1.07 bits per heavy atom. The predicted molar refractivity (Wildman–Crippen MR) is 111 cm³/mol. The number of nitrogens with zero attached hydrogens (tertiary/aromatic N) is 2. The molecule has 1 aliphatic rings. The molecule has 0 saturated heterocycles. The minimum absolute atomic E-state index is 0.0112. The van der Waals surface area contributed by atoms with Crippen molar-refractivity contribution in [3.8, 4) is 11.6 Å². The van der Waals surface area contributed by atoms with Crippen molar-refractivity contribution in [2.24, 2.45) is 4.99 Å². The van der Waals surface area contributed by atoms with Crippen LogP contribution >= 0.6 is 0 Å². The standard InChI is InChI=1S/C22H19N3O3/c1-12-8-13(2)19(14(3)9-12)25-21(27)17(20(26)24-22(25)28)10-15-11-23-18-7-5-4-6-16(15)18/h4-11,27H,1-3H3,(H,24,26,28)/b15-10+. The zero-order chi connectivity index (χ0) is 20.0. The summed E-state index contributed by atoms with van der Waals surface area (Å²) in [6, 6.07) is 11.4. The minimum atomic E-state index is -0.680. The topological polar surface area (TPSA) is 87.4 Å². The van der Waals surface area contributed by atoms with Crippen LogP contribution in [0, 0.1) is 20.8 Å². The summed E-state index contributed by atoms with van der Waals surface area (Å²) in [5.41, 5.74) is 4.30. The summed E-state index contributed by atoms with van der Waals surface area (Å²) >= 11 is 0. The van der Waals surface area contributed by atoms with Crippen LogP contribution in [0.25, 0.3) is 17.3 Å². The van der Waals surface area contributed by atoms with E-state index in [4.69, 9.17) is 0 Å². The molecule has 1 aromatic heterocycles. The SMILES string of the molecule is Cc1cc(C)c(-n2c(O)c(/C=C3\C=Nc4ccccc43)c(=O)[nH]c2=O)c(C)c1. The maximum atomic E-state index is 12.5. The van der Waals surface area contributed by atoms with Gasteiger partial charge in [-0.3, -0.25) is 14.8 Å². The largest absolute Gasteiger partial charge is 0.494 e. The minimum Gasteiger partial charge on any atom is -0.494 e. The zero-order valence-corrected chi connectivity index (χ0v) is 15.8. The van der Waals surface area contributed by atoms with Gasteiger partial charge in [-0.05, 0) is 44.0 Å². The lowest BCUT2D eigenvalue weighted by Crippen LogP contribution is -2.31. The number of aromatic hydroxyl groups is 1. The average Bonchev–Trinajstić information content (AvgIpc) is 3.03. The van der Waals surface area contributed by atoms with Gasteiger partial charge >= 0.3 is 5.69 Å². The first-order valence-electron chi connectivity index (χ1n) is 8.88. The number of benzene rings is 2. The average molecular weight is 373 g/mol. The van der Waals surface area contributed by atoms with Crippen LogP contribution in [0.4, 0.5) is 5.69 Å². The highest BCUT2D eigenvalue weighted by molar-refractivity contribution is 6.21. The Kier molecular flexibility index (Phi) is 4.11. The summed E-state index contributed by atoms with van der Waals surface area (Å²) in [7, 11) is 0. The van der Waals surface area contributed by atoms with E-state index in [1.165, 1.54) is 0 Å². The number of fused-ring (bicyclic) bond motifs is 1. The fourth-order valence-corrected chi connectivity index (χ4v) is 3.71. The van der Waals surface area contributed by atoms with Crippen LogP contribution in [0.5, 0.6) is 5.88 Å². The monoisotopic (exact) mass is 373 g/mol. The van der Waals surface area contributed by atoms with E-state index in [0.717, 1.165) is 32.5 Å². The Labute approximate surface area is 161 Å². The van der Waals surface area contributed by atoms with E-state index in [0.29, 0.717) is 11.3 Å². The second kappa shape index (κ2) is 6.49. The number of aromatic nitrogens is 2. The summed E-state index contributed by atoms with van der Waals surface area (Å²) in [4.78, 5) is 31.6. The van der Waals surface area contributed by atoms with E-state index in [1.54, 1.807) is 12.3 Å². The van der Waals surface area contributed by atoms with Gasteiger partial charge in [0.25, 0.3) is 5.56 Å². The smallest absolute Gasteiger partial charge is 0.335 e. The summed E-state index contributed by atoms with van der Waals surface area (Å²) in [6.07, 6.45) is 3.19. The van der Waals surface area contributed by atoms with Crippen LogP contribution in [0.1, 0.15) is 27.8 Å². The molecular formula is C22H19N3O3. The summed E-state index contributed by atoms with van der Waals surface area (Å²) < 4.78 is 1.15. The molecule has 2 aromatic carbocycles. The Bertz CT molecular complexity index is 1270. The van der Waals surface area contributed by atoms with Crippen molar-refractivity contribution in [3.63, 3.8) is 0 Å². The number of para-hydroxylation sites is 1. The first kappa shape index (κ1) is 17.7. The lowest BCUT2D eigenvalue weighted by molar-refractivity contribution is 0.429. The molecule has 0 amide bonds. The molecule has 0 spiro atoms. The molecule has 0 fully saturated rings. The number of rotatable bonds is 2. The quantitative estimate of drug-likeness (QED) is 0.722. The third-order valence-electron chi connectivity index (χ3n) is 4.84. The Balaban J connectivity index is 1.97. The Morgan fingerprint density at radius 2 is 1.75 bits per heavy atom. The number of hydrogen-bond donors (Lipinski definition) is 2. The van der Waals surface area contributed by atoms with Gasteiger partial charge < -0.3 is 5.11 Å². The van der Waals surface area contributed by atoms with Gasteiger partial charge in [0, 0.05) is 17.4 Å². The van der Waals surface area contributed by atoms with Gasteiger partial charge in [-0.25, -0.2) is 9.36 Å². The van der Waals surface area contributed by atoms with Crippen LogP contribution in [0.3, 0.4) is 0 Å². The van der Waals surface area contributed by atoms with Gasteiger partial charge in [0.2, 0.25) is 5.88 Å². The van der Waals surface area contributed by atoms with E-state index < -0.39 is 17.1 Å². The lowest BCUT2D eigenvalue weighted by atomic mass is 10.0. The van der Waals surface area contributed by atoms with E-state index in [1.807, 2.05) is 57.2 Å². The maximum absolute atomic E-state index is 12.5. The second-order valence-corrected chi connectivity index (χ2v) is 6.95. The van der Waals surface area contributed by atoms with Crippen molar-refractivity contribution >= 4 is 23.6 Å². The number of aryl methyl sites for hydroxylation is 3. The first-order valence-corrected chi connectivity index (χ1v) is 8.88. The van der Waals surface area contributed by atoms with Crippen molar-refractivity contribution in [2.45, 2.75) is 20.8 Å². The number of allylic oxidation sites excluding steroid dienone is 1. The lowest BCUT2D eigenvalue weighted by Gasteiger charge is -2.16. The maximum Gasteiger partial charge on any atom is 0.335 e. The molecule has 1 aliphatic heterocycles. The van der Waals surface area contributed by atoms with Crippen molar-refractivity contribution in [1.82, 2.24) is 9.55 Å². The van der Waals surface area contributed by atoms with E-state index in [-0.39, 0.29) is 5.56 Å². The number of aromatic amines is 1. The third kappa shape index (κ3) is 2.79. The third-order valence-corrected chi connectivity index (χ3v) is 4.84. The van der Waals surface area contributed by atoms with Crippen LogP contribution in [-0.4, -0.2) is 20.9 Å². The van der Waals surface area contributed by atoms with Crippen molar-refractivity contribution in [3.05, 3.63) is 85.1 Å². The van der Waals surface area contributed by atoms with Gasteiger partial charge in [-0.15, -0.1) is 0 Å². The molecule has 0 atom stereocenters. The first-order chi connectivity index (χ1) is 13.4. The molecule has 0 bridgehead atoms. The summed E-state index contributed by atoms with van der Waals surface area (Å²) in [5.74, 6) is -0.394. The highest BCUT2D eigenvalue weighted by atomic mass is 16.3. The predicted octanol–water partition coefficient (Wildman–Crippen LogP) is 3.41. The molecule has 140 valence electrons. The van der Waals surface area contributed by atoms with Crippen LogP contribution < -0.4 is 11.2 Å². The van der Waals surface area contributed by atoms with Gasteiger partial charge in [0.15, 0.2) is 0 Å². The molecule has 0 saturated carbocycles. The fourth-order valence-electron chi connectivity index (χ4n) is 3.71. The molecule has 0 radical (unpaired) electrons. The van der Waals surface area contributed by atoms with Crippen molar-refractivity contribution in [1.29, 1.82) is 0 Å². The molecule has 28 heavy (non-hydrogen) atoms. The molecule has 6 heteroatoms. The number of nitrogens with one attached hydrogen (secondary N) is 1. The van der Waals surface area contributed by atoms with Crippen LogP contribution in [0.15, 0.2) is 51.0 Å². The van der Waals surface area contributed by atoms with E-state index in [2.05, 4.69) is 9.98 Å². The van der Waals surface area contributed by atoms with Crippen LogP contribution in [0.2, 0.25) is 0 Å². The van der Waals surface area contributed by atoms with Gasteiger partial charge in [0.1, 0.15) is 5.56 Å². The Morgan fingerprint density at radius 3 is 2.46 bits per heavy atom. The molecule has 4 rings (SSSR count). The highest BCUT2D eigenvalue weighted by Gasteiger charge is 2.19.